The Morgan fingerprint density at radius 2 is 1.86 bits per heavy atom. The van der Waals surface area contributed by atoms with Crippen LogP contribution in [0.5, 0.6) is 0 Å². The zero-order valence-corrected chi connectivity index (χ0v) is 18.9. The zero-order chi connectivity index (χ0) is 21.2. The molecule has 2 aromatic carbocycles. The number of benzene rings is 2. The van der Waals surface area contributed by atoms with E-state index in [1.54, 1.807) is 0 Å². The van der Waals surface area contributed by atoms with E-state index in [2.05, 4.69) is 38.3 Å². The molecule has 4 atom stereocenters. The van der Waals surface area contributed by atoms with E-state index in [4.69, 9.17) is 23.2 Å². The van der Waals surface area contributed by atoms with E-state index in [1.165, 1.54) is 0 Å². The number of allylic oxidation sites excluding steroid dienone is 1. The Balaban J connectivity index is 2.20. The fourth-order valence-corrected chi connectivity index (χ4v) is 4.89. The molecule has 2 nitrogen and oxygen atoms in total. The molecule has 154 valence electrons. The minimum Gasteiger partial charge on any atom is -0.332 e. The number of hydrogen-bond donors (Lipinski definition) is 0. The van der Waals surface area contributed by atoms with Gasteiger partial charge in [-0.3, -0.25) is 4.79 Å². The van der Waals surface area contributed by atoms with E-state index in [0.717, 1.165) is 29.0 Å². The maximum Gasteiger partial charge on any atom is 0.229 e. The second kappa shape index (κ2) is 8.93. The molecule has 1 aliphatic rings. The first-order valence-corrected chi connectivity index (χ1v) is 11.0. The van der Waals surface area contributed by atoms with Crippen LogP contribution in [0.4, 0.5) is 0 Å². The van der Waals surface area contributed by atoms with E-state index in [-0.39, 0.29) is 23.9 Å². The topological polar surface area (TPSA) is 20.3 Å². The first-order chi connectivity index (χ1) is 13.8. The molecule has 0 radical (unpaired) electrons. The molecule has 0 unspecified atom stereocenters. The molecule has 0 bridgehead atoms. The molecular formula is C25H29Cl2NO. The highest BCUT2D eigenvalue weighted by Crippen LogP contribution is 2.52. The summed E-state index contributed by atoms with van der Waals surface area (Å²) in [6.45, 7) is 10.3. The standard InChI is InChI=1S/C25H29Cl2NO/c1-5-14-25(4)16-22(19-8-7-9-21(27)15-19)23(18-10-12-20(26)13-11-18)28(24(25)29)17(3)6-2/h5,7-13,15,17,22-23H,1,6,14,16H2,2-4H3/t17-,22+,23+,25-/m0/s1. The minimum absolute atomic E-state index is 0.0638. The molecule has 1 amide bonds. The number of rotatable bonds is 6. The van der Waals surface area contributed by atoms with Crippen LogP contribution < -0.4 is 0 Å². The van der Waals surface area contributed by atoms with Gasteiger partial charge in [-0.05, 0) is 61.6 Å². The third kappa shape index (κ3) is 4.39. The molecule has 0 aromatic heterocycles. The van der Waals surface area contributed by atoms with Gasteiger partial charge in [0.2, 0.25) is 5.91 Å². The maximum absolute atomic E-state index is 13.8. The molecule has 4 heteroatoms. The SMILES string of the molecule is C=CC[C@@]1(C)C[C@H](c2cccc(Cl)c2)[C@@H](c2ccc(Cl)cc2)N([C@@H](C)CC)C1=O. The van der Waals surface area contributed by atoms with Crippen molar-refractivity contribution in [2.75, 3.05) is 0 Å². The number of carbonyl (C=O) groups excluding carboxylic acids is 1. The predicted molar refractivity (Wildman–Crippen MR) is 123 cm³/mol. The zero-order valence-electron chi connectivity index (χ0n) is 17.4. The average molecular weight is 430 g/mol. The highest BCUT2D eigenvalue weighted by Gasteiger charge is 2.50. The van der Waals surface area contributed by atoms with Crippen molar-refractivity contribution in [2.24, 2.45) is 5.41 Å². The molecule has 0 spiro atoms. The number of hydrogen-bond acceptors (Lipinski definition) is 1. The van der Waals surface area contributed by atoms with Gasteiger partial charge in [-0.25, -0.2) is 0 Å². The largest absolute Gasteiger partial charge is 0.332 e. The number of piperidine rings is 1. The van der Waals surface area contributed by atoms with Gasteiger partial charge in [0.15, 0.2) is 0 Å². The normalized spacial score (nSPS) is 25.7. The van der Waals surface area contributed by atoms with E-state index in [0.29, 0.717) is 11.4 Å². The van der Waals surface area contributed by atoms with Gasteiger partial charge in [-0.2, -0.15) is 0 Å². The van der Waals surface area contributed by atoms with E-state index in [1.807, 2.05) is 48.5 Å². The molecule has 1 heterocycles. The molecule has 29 heavy (non-hydrogen) atoms. The molecule has 0 aliphatic carbocycles. The van der Waals surface area contributed by atoms with Gasteiger partial charge in [0, 0.05) is 22.0 Å². The van der Waals surface area contributed by atoms with Crippen LogP contribution in [0.25, 0.3) is 0 Å². The number of halogens is 2. The van der Waals surface area contributed by atoms with Crippen molar-refractivity contribution in [1.29, 1.82) is 0 Å². The first kappa shape index (κ1) is 21.9. The average Bonchev–Trinajstić information content (AvgIpc) is 2.70. The van der Waals surface area contributed by atoms with Crippen LogP contribution in [0.15, 0.2) is 61.2 Å². The van der Waals surface area contributed by atoms with Crippen molar-refractivity contribution in [3.63, 3.8) is 0 Å². The lowest BCUT2D eigenvalue weighted by atomic mass is 9.67. The molecule has 3 rings (SSSR count). The number of carbonyl (C=O) groups is 1. The second-order valence-corrected chi connectivity index (χ2v) is 9.26. The van der Waals surface area contributed by atoms with E-state index >= 15 is 0 Å². The van der Waals surface area contributed by atoms with E-state index in [9.17, 15) is 4.79 Å². The second-order valence-electron chi connectivity index (χ2n) is 8.39. The number of nitrogens with zero attached hydrogens (tertiary/aromatic N) is 1. The lowest BCUT2D eigenvalue weighted by Gasteiger charge is -2.51. The summed E-state index contributed by atoms with van der Waals surface area (Å²) in [5, 5.41) is 1.41. The van der Waals surface area contributed by atoms with Gasteiger partial charge in [0.25, 0.3) is 0 Å². The lowest BCUT2D eigenvalue weighted by molar-refractivity contribution is -0.154. The van der Waals surface area contributed by atoms with Crippen molar-refractivity contribution < 1.29 is 4.79 Å². The van der Waals surface area contributed by atoms with E-state index < -0.39 is 5.41 Å². The minimum atomic E-state index is -0.485. The molecular weight excluding hydrogens is 401 g/mol. The van der Waals surface area contributed by atoms with Crippen molar-refractivity contribution >= 4 is 29.1 Å². The first-order valence-electron chi connectivity index (χ1n) is 10.3. The van der Waals surface area contributed by atoms with Crippen LogP contribution in [0.2, 0.25) is 10.0 Å². The maximum atomic E-state index is 13.8. The Morgan fingerprint density at radius 1 is 1.17 bits per heavy atom. The Labute approximate surface area is 184 Å². The van der Waals surface area contributed by atoms with Crippen molar-refractivity contribution in [2.45, 2.75) is 58.0 Å². The van der Waals surface area contributed by atoms with Gasteiger partial charge < -0.3 is 4.90 Å². The highest BCUT2D eigenvalue weighted by atomic mass is 35.5. The molecule has 2 aromatic rings. The van der Waals surface area contributed by atoms with Gasteiger partial charge in [0.05, 0.1) is 11.5 Å². The summed E-state index contributed by atoms with van der Waals surface area (Å²) >= 11 is 12.5. The predicted octanol–water partition coefficient (Wildman–Crippen LogP) is 7.43. The van der Waals surface area contributed by atoms with Crippen LogP contribution in [0.1, 0.15) is 63.1 Å². The third-order valence-corrected chi connectivity index (χ3v) is 6.74. The summed E-state index contributed by atoms with van der Waals surface area (Å²) < 4.78 is 0. The van der Waals surface area contributed by atoms with Crippen molar-refractivity contribution in [3.8, 4) is 0 Å². The summed E-state index contributed by atoms with van der Waals surface area (Å²) in [4.78, 5) is 15.9. The van der Waals surface area contributed by atoms with Gasteiger partial charge in [-0.1, -0.05) is 67.4 Å². The van der Waals surface area contributed by atoms with Gasteiger partial charge in [-0.15, -0.1) is 6.58 Å². The smallest absolute Gasteiger partial charge is 0.229 e. The fourth-order valence-electron chi connectivity index (χ4n) is 4.57. The Hall–Kier alpha value is -1.77. The summed E-state index contributed by atoms with van der Waals surface area (Å²) in [7, 11) is 0. The highest BCUT2D eigenvalue weighted by molar-refractivity contribution is 6.30. The summed E-state index contributed by atoms with van der Waals surface area (Å²) in [5.74, 6) is 0.330. The van der Waals surface area contributed by atoms with Crippen molar-refractivity contribution in [3.05, 3.63) is 82.4 Å². The lowest BCUT2D eigenvalue weighted by Crippen LogP contribution is -2.54. The van der Waals surface area contributed by atoms with Crippen LogP contribution in [-0.4, -0.2) is 16.8 Å². The molecule has 0 N–H and O–H groups in total. The number of amides is 1. The monoisotopic (exact) mass is 429 g/mol. The molecule has 0 saturated carbocycles. The molecule has 1 aliphatic heterocycles. The Kier molecular flexibility index (Phi) is 6.76. The summed E-state index contributed by atoms with van der Waals surface area (Å²) in [6.07, 6.45) is 4.16. The number of likely N-dealkylation sites (tertiary alicyclic amines) is 1. The third-order valence-electron chi connectivity index (χ3n) is 6.25. The fraction of sp³-hybridized carbons (Fsp3) is 0.400. The molecule has 1 fully saturated rings. The van der Waals surface area contributed by atoms with Gasteiger partial charge >= 0.3 is 0 Å². The Morgan fingerprint density at radius 3 is 2.45 bits per heavy atom. The quantitative estimate of drug-likeness (QED) is 0.437. The van der Waals surface area contributed by atoms with Crippen LogP contribution in [0.3, 0.4) is 0 Å². The van der Waals surface area contributed by atoms with Gasteiger partial charge in [0.1, 0.15) is 0 Å². The Bertz CT molecular complexity index is 879. The molecule has 1 saturated heterocycles. The summed E-state index contributed by atoms with van der Waals surface area (Å²) in [6, 6.07) is 16.0. The van der Waals surface area contributed by atoms with Crippen LogP contribution in [0, 0.1) is 5.41 Å². The summed E-state index contributed by atoms with van der Waals surface area (Å²) in [5.41, 5.74) is 1.78. The van der Waals surface area contributed by atoms with Crippen LogP contribution >= 0.6 is 23.2 Å². The van der Waals surface area contributed by atoms with Crippen molar-refractivity contribution in [1.82, 2.24) is 4.90 Å². The van der Waals surface area contributed by atoms with Crippen LogP contribution in [-0.2, 0) is 4.79 Å².